The number of hydrogen-bond donors (Lipinski definition) is 1. The fourth-order valence-electron chi connectivity index (χ4n) is 4.45. The average molecular weight is 414 g/mol. The molecule has 0 saturated carbocycles. The Morgan fingerprint density at radius 3 is 2.10 bits per heavy atom. The maximum atomic E-state index is 13.4. The Bertz CT molecular complexity index is 836. The third-order valence-electron chi connectivity index (χ3n) is 6.03. The van der Waals surface area contributed by atoms with Crippen LogP contribution in [0.2, 0.25) is 0 Å². The first kappa shape index (κ1) is 21.3. The Kier molecular flexibility index (Phi) is 6.60. The summed E-state index contributed by atoms with van der Waals surface area (Å²) in [7, 11) is 0. The number of benzene rings is 2. The molecule has 6 heteroatoms. The molecule has 2 aromatic carbocycles. The van der Waals surface area contributed by atoms with Crippen LogP contribution in [0.1, 0.15) is 30.9 Å². The van der Waals surface area contributed by atoms with E-state index in [1.807, 2.05) is 46.2 Å². The highest BCUT2D eigenvalue weighted by molar-refractivity contribution is 5.86. The molecule has 0 radical (unpaired) electrons. The number of carbonyl (C=O) groups is 2. The Hall–Kier alpha value is -2.37. The first-order valence-electron chi connectivity index (χ1n) is 10.00. The van der Waals surface area contributed by atoms with E-state index in [0.717, 1.165) is 24.0 Å². The zero-order valence-corrected chi connectivity index (χ0v) is 17.5. The Balaban J connectivity index is 0.00000240. The number of piperidine rings is 1. The van der Waals surface area contributed by atoms with Gasteiger partial charge in [-0.3, -0.25) is 14.9 Å². The molecule has 2 fully saturated rings. The van der Waals surface area contributed by atoms with Crippen LogP contribution in [0.4, 0.5) is 0 Å². The summed E-state index contributed by atoms with van der Waals surface area (Å²) in [5, 5.41) is 3.67. The molecular weight excluding hydrogens is 386 g/mol. The van der Waals surface area contributed by atoms with E-state index in [1.165, 1.54) is 0 Å². The van der Waals surface area contributed by atoms with Crippen LogP contribution in [0.15, 0.2) is 60.7 Å². The van der Waals surface area contributed by atoms with E-state index in [2.05, 4.69) is 29.6 Å². The number of nitrogens with one attached hydrogen (secondary N) is 1. The van der Waals surface area contributed by atoms with Gasteiger partial charge in [-0.15, -0.1) is 12.4 Å². The van der Waals surface area contributed by atoms with Crippen molar-refractivity contribution in [2.75, 3.05) is 13.1 Å². The second kappa shape index (κ2) is 8.97. The molecule has 2 aliphatic rings. The van der Waals surface area contributed by atoms with Gasteiger partial charge in [0.25, 0.3) is 0 Å². The summed E-state index contributed by atoms with van der Waals surface area (Å²) in [6, 6.07) is 20.1. The zero-order valence-electron chi connectivity index (χ0n) is 16.7. The highest BCUT2D eigenvalue weighted by Gasteiger charge is 2.51. The van der Waals surface area contributed by atoms with E-state index in [9.17, 15) is 9.59 Å². The first-order chi connectivity index (χ1) is 13.6. The Morgan fingerprint density at radius 2 is 1.55 bits per heavy atom. The number of likely N-dealkylation sites (tertiary alicyclic amines) is 1. The zero-order chi connectivity index (χ0) is 19.6. The van der Waals surface area contributed by atoms with Crippen molar-refractivity contribution >= 4 is 24.2 Å². The fourth-order valence-corrected chi connectivity index (χ4v) is 4.45. The number of hydrogen-bond acceptors (Lipinski definition) is 3. The first-order valence-corrected chi connectivity index (χ1v) is 10.00. The maximum absolute atomic E-state index is 13.4. The lowest BCUT2D eigenvalue weighted by Gasteiger charge is -2.44. The Labute approximate surface area is 178 Å². The van der Waals surface area contributed by atoms with E-state index in [4.69, 9.17) is 0 Å². The lowest BCUT2D eigenvalue weighted by atomic mass is 9.95. The fraction of sp³-hybridized carbons (Fsp3) is 0.391. The largest absolute Gasteiger partial charge is 0.343 e. The number of carbonyl (C=O) groups excluding carboxylic acids is 2. The van der Waals surface area contributed by atoms with Crippen molar-refractivity contribution in [3.63, 3.8) is 0 Å². The molecule has 0 aromatic heterocycles. The average Bonchev–Trinajstić information content (AvgIpc) is 2.95. The molecule has 0 aliphatic carbocycles. The van der Waals surface area contributed by atoms with E-state index in [-0.39, 0.29) is 35.9 Å². The van der Waals surface area contributed by atoms with E-state index in [1.54, 1.807) is 6.92 Å². The van der Waals surface area contributed by atoms with Gasteiger partial charge in [0.2, 0.25) is 11.8 Å². The van der Waals surface area contributed by atoms with Crippen LogP contribution in [0.25, 0.3) is 0 Å². The topological polar surface area (TPSA) is 52.7 Å². The highest BCUT2D eigenvalue weighted by atomic mass is 35.5. The molecule has 1 N–H and O–H groups in total. The lowest BCUT2D eigenvalue weighted by Crippen LogP contribution is -2.59. The molecule has 2 aromatic rings. The molecule has 0 bridgehead atoms. The molecule has 2 saturated heterocycles. The summed E-state index contributed by atoms with van der Waals surface area (Å²) in [6.45, 7) is 3.57. The van der Waals surface area contributed by atoms with Crippen molar-refractivity contribution in [1.29, 1.82) is 0 Å². The smallest absolute Gasteiger partial charge is 0.241 e. The van der Waals surface area contributed by atoms with Gasteiger partial charge in [-0.05, 0) is 17.5 Å². The predicted octanol–water partition coefficient (Wildman–Crippen LogP) is 2.99. The molecular formula is C23H28ClN3O2. The maximum Gasteiger partial charge on any atom is 0.241 e. The van der Waals surface area contributed by atoms with E-state index in [0.29, 0.717) is 26.1 Å². The number of rotatable bonds is 4. The summed E-state index contributed by atoms with van der Waals surface area (Å²) in [5.74, 6) is 0.263. The second-order valence-electron chi connectivity index (χ2n) is 7.83. The van der Waals surface area contributed by atoms with Gasteiger partial charge in [0.05, 0.1) is 11.7 Å². The SMILES string of the molecule is CC(=O)N1CCC2(CC1)N[C@@H](Cc1ccccc1)C(=O)N2Cc1ccccc1.Cl. The summed E-state index contributed by atoms with van der Waals surface area (Å²) in [5.41, 5.74) is 1.91. The van der Waals surface area contributed by atoms with Crippen LogP contribution in [0.5, 0.6) is 0 Å². The van der Waals surface area contributed by atoms with Crippen molar-refractivity contribution in [3.8, 4) is 0 Å². The van der Waals surface area contributed by atoms with Crippen LogP contribution in [0.3, 0.4) is 0 Å². The number of halogens is 1. The number of amides is 2. The minimum atomic E-state index is -0.377. The van der Waals surface area contributed by atoms with Gasteiger partial charge in [0, 0.05) is 39.4 Å². The molecule has 29 heavy (non-hydrogen) atoms. The van der Waals surface area contributed by atoms with Crippen LogP contribution in [-0.2, 0) is 22.6 Å². The van der Waals surface area contributed by atoms with Gasteiger partial charge in [-0.1, -0.05) is 60.7 Å². The van der Waals surface area contributed by atoms with Crippen molar-refractivity contribution in [1.82, 2.24) is 15.1 Å². The molecule has 2 amide bonds. The van der Waals surface area contributed by atoms with Gasteiger partial charge in [0.15, 0.2) is 0 Å². The molecule has 4 rings (SSSR count). The standard InChI is InChI=1S/C23H27N3O2.ClH/c1-18(27)25-14-12-23(13-15-25)24-21(16-19-8-4-2-5-9-19)22(28)26(23)17-20-10-6-3-7-11-20;/h2-11,21,24H,12-17H2,1H3;1H/t21-;/m0./s1. The monoisotopic (exact) mass is 413 g/mol. The van der Waals surface area contributed by atoms with Crippen LogP contribution in [0, 0.1) is 0 Å². The Morgan fingerprint density at radius 1 is 1.00 bits per heavy atom. The highest BCUT2D eigenvalue weighted by Crippen LogP contribution is 2.34. The molecule has 0 unspecified atom stereocenters. The predicted molar refractivity (Wildman–Crippen MR) is 116 cm³/mol. The third-order valence-corrected chi connectivity index (χ3v) is 6.03. The quantitative estimate of drug-likeness (QED) is 0.838. The summed E-state index contributed by atoms with van der Waals surface area (Å²) in [6.07, 6.45) is 2.20. The molecule has 2 aliphatic heterocycles. The van der Waals surface area contributed by atoms with Gasteiger partial charge < -0.3 is 9.80 Å². The second-order valence-corrected chi connectivity index (χ2v) is 7.83. The molecule has 5 nitrogen and oxygen atoms in total. The summed E-state index contributed by atoms with van der Waals surface area (Å²) >= 11 is 0. The van der Waals surface area contributed by atoms with Crippen molar-refractivity contribution in [2.24, 2.45) is 0 Å². The van der Waals surface area contributed by atoms with Crippen molar-refractivity contribution in [2.45, 2.75) is 44.4 Å². The van der Waals surface area contributed by atoms with Gasteiger partial charge in [-0.25, -0.2) is 0 Å². The molecule has 2 heterocycles. The number of nitrogens with zero attached hydrogens (tertiary/aromatic N) is 2. The minimum absolute atomic E-state index is 0. The van der Waals surface area contributed by atoms with E-state index < -0.39 is 0 Å². The van der Waals surface area contributed by atoms with Crippen molar-refractivity contribution in [3.05, 3.63) is 71.8 Å². The van der Waals surface area contributed by atoms with Crippen LogP contribution >= 0.6 is 12.4 Å². The van der Waals surface area contributed by atoms with Gasteiger partial charge >= 0.3 is 0 Å². The molecule has 154 valence electrons. The van der Waals surface area contributed by atoms with Crippen molar-refractivity contribution < 1.29 is 9.59 Å². The molecule has 1 spiro atoms. The van der Waals surface area contributed by atoms with E-state index >= 15 is 0 Å². The minimum Gasteiger partial charge on any atom is -0.343 e. The van der Waals surface area contributed by atoms with Crippen LogP contribution in [-0.4, -0.2) is 46.4 Å². The molecule has 1 atom stereocenters. The normalized spacial score (nSPS) is 20.6. The third kappa shape index (κ3) is 4.46. The van der Waals surface area contributed by atoms with Gasteiger partial charge in [-0.2, -0.15) is 0 Å². The van der Waals surface area contributed by atoms with Gasteiger partial charge in [0.1, 0.15) is 0 Å². The lowest BCUT2D eigenvalue weighted by molar-refractivity contribution is -0.136. The van der Waals surface area contributed by atoms with Crippen LogP contribution < -0.4 is 5.32 Å². The summed E-state index contributed by atoms with van der Waals surface area (Å²) in [4.78, 5) is 29.1. The summed E-state index contributed by atoms with van der Waals surface area (Å²) < 4.78 is 0.